The van der Waals surface area contributed by atoms with Crippen molar-refractivity contribution >= 4 is 23.6 Å². The summed E-state index contributed by atoms with van der Waals surface area (Å²) in [5.41, 5.74) is 1.65. The van der Waals surface area contributed by atoms with Gasteiger partial charge < -0.3 is 39.8 Å². The molecule has 3 aliphatic rings. The van der Waals surface area contributed by atoms with E-state index in [1.807, 2.05) is 12.1 Å². The Kier molecular flexibility index (Phi) is 10.5. The van der Waals surface area contributed by atoms with Crippen LogP contribution in [0.25, 0.3) is 0 Å². The van der Waals surface area contributed by atoms with Crippen LogP contribution in [0.3, 0.4) is 0 Å². The standard InChI is InChI=1S/C30H38N4O8/c1-19(35)31-12-10-30(38)34-13-11-24-23(17-34)33-29(37)18-41-27-14-20(4-8-25(27)39-2)5-9-28(36)32-16-21-6-7-22(42-24)15-26(21)40-3/h4,6-8,14-15,23-24H,5,9-13,16-18H2,1-3H3,(H,31,35)(H,32,36)(H,33,37)/t23-,24+/m1/s1. The molecule has 0 aliphatic carbocycles. The number of aryl methyl sites for hydroxylation is 1. The number of likely N-dealkylation sites (tertiary alicyclic amines) is 1. The zero-order valence-electron chi connectivity index (χ0n) is 24.2. The Morgan fingerprint density at radius 2 is 1.86 bits per heavy atom. The SMILES string of the molecule is COc1cc2ccc1CNC(=O)CCc1ccc(OC)c(c1)OCC(=O)N[C@@H]1CN(C(=O)CCNC(C)=O)CC[C@@H]1O2. The number of nitrogens with zero attached hydrogens (tertiary/aromatic N) is 1. The van der Waals surface area contributed by atoms with Crippen molar-refractivity contribution in [2.45, 2.75) is 51.3 Å². The average molecular weight is 583 g/mol. The Balaban J connectivity index is 1.57. The highest BCUT2D eigenvalue weighted by atomic mass is 16.5. The van der Waals surface area contributed by atoms with Crippen molar-refractivity contribution in [1.29, 1.82) is 0 Å². The second-order valence-electron chi connectivity index (χ2n) is 10.2. The molecule has 1 fully saturated rings. The van der Waals surface area contributed by atoms with Gasteiger partial charge in [-0.3, -0.25) is 19.2 Å². The highest BCUT2D eigenvalue weighted by Gasteiger charge is 2.34. The summed E-state index contributed by atoms with van der Waals surface area (Å²) < 4.78 is 23.1. The van der Waals surface area contributed by atoms with Crippen LogP contribution in [0, 0.1) is 0 Å². The van der Waals surface area contributed by atoms with Gasteiger partial charge in [0.1, 0.15) is 17.6 Å². The smallest absolute Gasteiger partial charge is 0.258 e. The fourth-order valence-electron chi connectivity index (χ4n) is 4.98. The van der Waals surface area contributed by atoms with Gasteiger partial charge in [0.15, 0.2) is 18.1 Å². The molecule has 5 rings (SSSR count). The molecule has 1 saturated heterocycles. The molecule has 0 saturated carbocycles. The van der Waals surface area contributed by atoms with Crippen LogP contribution >= 0.6 is 0 Å². The van der Waals surface area contributed by atoms with Crippen molar-refractivity contribution in [1.82, 2.24) is 20.9 Å². The van der Waals surface area contributed by atoms with Gasteiger partial charge in [-0.1, -0.05) is 6.07 Å². The Labute approximate surface area is 245 Å². The molecular weight excluding hydrogens is 544 g/mol. The molecule has 226 valence electrons. The van der Waals surface area contributed by atoms with E-state index in [1.54, 1.807) is 36.3 Å². The minimum Gasteiger partial charge on any atom is -0.496 e. The second-order valence-corrected chi connectivity index (χ2v) is 10.2. The summed E-state index contributed by atoms with van der Waals surface area (Å²) >= 11 is 0. The van der Waals surface area contributed by atoms with E-state index in [-0.39, 0.29) is 62.7 Å². The highest BCUT2D eigenvalue weighted by Crippen LogP contribution is 2.30. The summed E-state index contributed by atoms with van der Waals surface area (Å²) in [6, 6.07) is 10.2. The van der Waals surface area contributed by atoms with Crippen LogP contribution in [-0.4, -0.2) is 81.1 Å². The lowest BCUT2D eigenvalue weighted by molar-refractivity contribution is -0.135. The number of carbonyl (C=O) groups excluding carboxylic acids is 4. The third-order valence-corrected chi connectivity index (χ3v) is 7.21. The van der Waals surface area contributed by atoms with Crippen LogP contribution in [0.4, 0.5) is 0 Å². The number of nitrogens with one attached hydrogen (secondary N) is 3. The fraction of sp³-hybridized carbons (Fsp3) is 0.467. The lowest BCUT2D eigenvalue weighted by Crippen LogP contribution is -2.58. The number of hydrogen-bond acceptors (Lipinski definition) is 8. The Morgan fingerprint density at radius 1 is 1.05 bits per heavy atom. The van der Waals surface area contributed by atoms with Gasteiger partial charge in [0, 0.05) is 64.0 Å². The number of carbonyl (C=O) groups is 4. The molecule has 3 aliphatic heterocycles. The first-order valence-corrected chi connectivity index (χ1v) is 14.0. The first-order valence-electron chi connectivity index (χ1n) is 14.0. The number of piperidine rings is 1. The largest absolute Gasteiger partial charge is 0.496 e. The first kappa shape index (κ1) is 30.5. The fourth-order valence-corrected chi connectivity index (χ4v) is 4.98. The average Bonchev–Trinajstić information content (AvgIpc) is 2.98. The summed E-state index contributed by atoms with van der Waals surface area (Å²) in [4.78, 5) is 51.4. The molecule has 3 N–H and O–H groups in total. The minimum atomic E-state index is -0.528. The van der Waals surface area contributed by atoms with Gasteiger partial charge in [-0.05, 0) is 36.2 Å². The zero-order valence-corrected chi connectivity index (χ0v) is 24.2. The third-order valence-electron chi connectivity index (χ3n) is 7.21. The molecule has 0 aromatic heterocycles. The van der Waals surface area contributed by atoms with E-state index in [0.29, 0.717) is 42.4 Å². The molecule has 42 heavy (non-hydrogen) atoms. The van der Waals surface area contributed by atoms with Gasteiger partial charge in [0.25, 0.3) is 5.91 Å². The van der Waals surface area contributed by atoms with Gasteiger partial charge in [-0.25, -0.2) is 0 Å². The summed E-state index contributed by atoms with van der Waals surface area (Å²) in [5, 5.41) is 8.56. The van der Waals surface area contributed by atoms with E-state index in [0.717, 1.165) is 11.1 Å². The van der Waals surface area contributed by atoms with Crippen LogP contribution in [-0.2, 0) is 32.1 Å². The normalized spacial score (nSPS) is 19.4. The van der Waals surface area contributed by atoms with Crippen LogP contribution in [0.1, 0.15) is 37.3 Å². The summed E-state index contributed by atoms with van der Waals surface area (Å²) in [6.45, 7) is 2.30. The van der Waals surface area contributed by atoms with Gasteiger partial charge in [-0.2, -0.15) is 0 Å². The molecule has 4 bridgehead atoms. The quantitative estimate of drug-likeness (QED) is 0.479. The predicted molar refractivity (Wildman–Crippen MR) is 152 cm³/mol. The maximum atomic E-state index is 13.1. The van der Waals surface area contributed by atoms with Crippen molar-refractivity contribution in [3.8, 4) is 23.0 Å². The van der Waals surface area contributed by atoms with Gasteiger partial charge in [-0.15, -0.1) is 0 Å². The van der Waals surface area contributed by atoms with Crippen molar-refractivity contribution in [2.75, 3.05) is 40.5 Å². The Hall–Kier alpha value is -4.48. The summed E-state index contributed by atoms with van der Waals surface area (Å²) in [6.07, 6.45) is 0.911. The van der Waals surface area contributed by atoms with E-state index in [9.17, 15) is 19.2 Å². The number of methoxy groups -OCH3 is 2. The molecular formula is C30H38N4O8. The molecule has 4 amide bonds. The number of amides is 4. The van der Waals surface area contributed by atoms with Crippen LogP contribution in [0.15, 0.2) is 36.4 Å². The van der Waals surface area contributed by atoms with Crippen molar-refractivity contribution in [2.24, 2.45) is 0 Å². The monoisotopic (exact) mass is 582 g/mol. The number of fused-ring (bicyclic) bond motifs is 9. The van der Waals surface area contributed by atoms with Gasteiger partial charge in [0.05, 0.1) is 20.3 Å². The molecule has 3 heterocycles. The Morgan fingerprint density at radius 3 is 2.62 bits per heavy atom. The minimum absolute atomic E-state index is 0.116. The molecule has 12 nitrogen and oxygen atoms in total. The van der Waals surface area contributed by atoms with Crippen molar-refractivity contribution in [3.05, 3.63) is 47.5 Å². The number of hydrogen-bond donors (Lipinski definition) is 3. The molecule has 2 atom stereocenters. The summed E-state index contributed by atoms with van der Waals surface area (Å²) in [7, 11) is 3.06. The van der Waals surface area contributed by atoms with Gasteiger partial charge in [0.2, 0.25) is 17.7 Å². The van der Waals surface area contributed by atoms with E-state index in [4.69, 9.17) is 18.9 Å². The van der Waals surface area contributed by atoms with E-state index in [1.165, 1.54) is 14.0 Å². The molecule has 12 heteroatoms. The number of rotatable bonds is 5. The van der Waals surface area contributed by atoms with Crippen LogP contribution < -0.4 is 34.9 Å². The number of benzene rings is 2. The topological polar surface area (TPSA) is 145 Å². The molecule has 0 spiro atoms. The first-order chi connectivity index (χ1) is 20.2. The lowest BCUT2D eigenvalue weighted by Gasteiger charge is -2.39. The van der Waals surface area contributed by atoms with Crippen LogP contribution in [0.5, 0.6) is 23.0 Å². The Bertz CT molecular complexity index is 1300. The maximum absolute atomic E-state index is 13.1. The van der Waals surface area contributed by atoms with Crippen molar-refractivity contribution < 1.29 is 38.1 Å². The van der Waals surface area contributed by atoms with Crippen molar-refractivity contribution in [3.63, 3.8) is 0 Å². The lowest BCUT2D eigenvalue weighted by atomic mass is 10.0. The second kappa shape index (κ2) is 14.4. The third kappa shape index (κ3) is 8.27. The summed E-state index contributed by atoms with van der Waals surface area (Å²) in [5.74, 6) is 1.11. The predicted octanol–water partition coefficient (Wildman–Crippen LogP) is 1.34. The van der Waals surface area contributed by atoms with Gasteiger partial charge >= 0.3 is 0 Å². The maximum Gasteiger partial charge on any atom is 0.258 e. The van der Waals surface area contributed by atoms with E-state index in [2.05, 4.69) is 16.0 Å². The zero-order chi connectivity index (χ0) is 30.1. The molecule has 2 aromatic rings. The van der Waals surface area contributed by atoms with E-state index >= 15 is 0 Å². The van der Waals surface area contributed by atoms with E-state index < -0.39 is 12.1 Å². The molecule has 0 unspecified atom stereocenters. The number of ether oxygens (including phenoxy) is 4. The molecule has 2 aromatic carbocycles. The molecule has 0 radical (unpaired) electrons. The highest BCUT2D eigenvalue weighted by molar-refractivity contribution is 5.80. The van der Waals surface area contributed by atoms with Crippen LogP contribution in [0.2, 0.25) is 0 Å².